The minimum atomic E-state index is -0.705. The minimum absolute atomic E-state index is 0.0378. The van der Waals surface area contributed by atoms with Gasteiger partial charge in [0.1, 0.15) is 11.3 Å². The Labute approximate surface area is 129 Å². The molecule has 0 spiro atoms. The zero-order valence-corrected chi connectivity index (χ0v) is 13.0. The molecule has 22 heavy (non-hydrogen) atoms. The van der Waals surface area contributed by atoms with Crippen LogP contribution in [0.15, 0.2) is 18.2 Å². The summed E-state index contributed by atoms with van der Waals surface area (Å²) in [6, 6.07) is 4.81. The maximum absolute atomic E-state index is 12.1. The summed E-state index contributed by atoms with van der Waals surface area (Å²) < 4.78 is 10.6. The number of rotatable bonds is 3. The lowest BCUT2D eigenvalue weighted by Gasteiger charge is -2.35. The van der Waals surface area contributed by atoms with Crippen molar-refractivity contribution in [3.8, 4) is 5.75 Å². The molecule has 0 aromatic heterocycles. The number of hydrogen-bond acceptors (Lipinski definition) is 5. The molecule has 0 radical (unpaired) electrons. The molecule has 1 fully saturated rings. The van der Waals surface area contributed by atoms with Crippen molar-refractivity contribution in [1.29, 1.82) is 0 Å². The largest absolute Gasteiger partial charge is 0.507 e. The standard InChI is InChI=1S/C16H21NO5/c1-10-5-4-6-13(15(10)19)16(20)21-9-14(18)17-7-11(2)22-12(3)8-17/h4-6,11-12,19H,7-9H2,1-3H3. The van der Waals surface area contributed by atoms with E-state index in [9.17, 15) is 14.7 Å². The molecular formula is C16H21NO5. The maximum atomic E-state index is 12.1. The van der Waals surface area contributed by atoms with E-state index in [4.69, 9.17) is 9.47 Å². The number of carbonyl (C=O) groups excluding carboxylic acids is 2. The molecule has 2 unspecified atom stereocenters. The van der Waals surface area contributed by atoms with Crippen molar-refractivity contribution in [1.82, 2.24) is 4.90 Å². The molecular weight excluding hydrogens is 286 g/mol. The van der Waals surface area contributed by atoms with E-state index in [2.05, 4.69) is 0 Å². The van der Waals surface area contributed by atoms with Crippen LogP contribution in [0.2, 0.25) is 0 Å². The number of aryl methyl sites for hydroxylation is 1. The molecule has 0 bridgehead atoms. The molecule has 6 nitrogen and oxygen atoms in total. The van der Waals surface area contributed by atoms with E-state index in [0.29, 0.717) is 18.7 Å². The summed E-state index contributed by atoms with van der Waals surface area (Å²) in [7, 11) is 0. The zero-order valence-electron chi connectivity index (χ0n) is 13.0. The van der Waals surface area contributed by atoms with Gasteiger partial charge in [0.25, 0.3) is 5.91 Å². The third kappa shape index (κ3) is 3.76. The first-order valence-electron chi connectivity index (χ1n) is 7.27. The van der Waals surface area contributed by atoms with E-state index in [1.54, 1.807) is 24.0 Å². The van der Waals surface area contributed by atoms with Crippen molar-refractivity contribution < 1.29 is 24.2 Å². The Hall–Kier alpha value is -2.08. The summed E-state index contributed by atoms with van der Waals surface area (Å²) in [5.41, 5.74) is 0.646. The van der Waals surface area contributed by atoms with Gasteiger partial charge in [-0.2, -0.15) is 0 Å². The van der Waals surface area contributed by atoms with Gasteiger partial charge in [0, 0.05) is 13.1 Å². The highest BCUT2D eigenvalue weighted by Crippen LogP contribution is 2.22. The Morgan fingerprint density at radius 1 is 1.32 bits per heavy atom. The number of morpholine rings is 1. The van der Waals surface area contributed by atoms with Gasteiger partial charge >= 0.3 is 5.97 Å². The summed E-state index contributed by atoms with van der Waals surface area (Å²) in [4.78, 5) is 25.7. The molecule has 2 rings (SSSR count). The maximum Gasteiger partial charge on any atom is 0.342 e. The molecule has 1 N–H and O–H groups in total. The third-order valence-corrected chi connectivity index (χ3v) is 3.56. The van der Waals surface area contributed by atoms with Gasteiger partial charge in [-0.3, -0.25) is 4.79 Å². The Balaban J connectivity index is 1.93. The highest BCUT2D eigenvalue weighted by atomic mass is 16.5. The van der Waals surface area contributed by atoms with Crippen molar-refractivity contribution >= 4 is 11.9 Å². The molecule has 120 valence electrons. The second kappa shape index (κ2) is 6.79. The first-order valence-corrected chi connectivity index (χ1v) is 7.27. The molecule has 0 saturated carbocycles. The van der Waals surface area contributed by atoms with Crippen LogP contribution in [-0.2, 0) is 14.3 Å². The number of benzene rings is 1. The number of esters is 1. The van der Waals surface area contributed by atoms with Crippen LogP contribution in [0, 0.1) is 6.92 Å². The lowest BCUT2D eigenvalue weighted by molar-refractivity contribution is -0.146. The Morgan fingerprint density at radius 2 is 1.95 bits per heavy atom. The van der Waals surface area contributed by atoms with Crippen molar-refractivity contribution in [2.75, 3.05) is 19.7 Å². The van der Waals surface area contributed by atoms with Crippen LogP contribution in [0.1, 0.15) is 29.8 Å². The normalized spacial score (nSPS) is 21.5. The van der Waals surface area contributed by atoms with Gasteiger partial charge in [-0.15, -0.1) is 0 Å². The van der Waals surface area contributed by atoms with Gasteiger partial charge in [0.15, 0.2) is 6.61 Å². The number of nitrogens with zero attached hydrogens (tertiary/aromatic N) is 1. The quantitative estimate of drug-likeness (QED) is 0.856. The van der Waals surface area contributed by atoms with E-state index in [-0.39, 0.29) is 36.0 Å². The number of para-hydroxylation sites is 1. The van der Waals surface area contributed by atoms with Gasteiger partial charge in [0.05, 0.1) is 12.2 Å². The summed E-state index contributed by atoms with van der Waals surface area (Å²) in [6.07, 6.45) is -0.0755. The average molecular weight is 307 g/mol. The van der Waals surface area contributed by atoms with Crippen molar-refractivity contribution in [2.24, 2.45) is 0 Å². The third-order valence-electron chi connectivity index (χ3n) is 3.56. The molecule has 1 heterocycles. The minimum Gasteiger partial charge on any atom is -0.507 e. The van der Waals surface area contributed by atoms with Crippen LogP contribution >= 0.6 is 0 Å². The van der Waals surface area contributed by atoms with Gasteiger partial charge in [-0.25, -0.2) is 4.79 Å². The Morgan fingerprint density at radius 3 is 2.59 bits per heavy atom. The fraction of sp³-hybridized carbons (Fsp3) is 0.500. The molecule has 6 heteroatoms. The topological polar surface area (TPSA) is 76.1 Å². The molecule has 1 amide bonds. The van der Waals surface area contributed by atoms with Crippen LogP contribution < -0.4 is 0 Å². The van der Waals surface area contributed by atoms with E-state index >= 15 is 0 Å². The number of ether oxygens (including phenoxy) is 2. The lowest BCUT2D eigenvalue weighted by Crippen LogP contribution is -2.49. The fourth-order valence-corrected chi connectivity index (χ4v) is 2.50. The van der Waals surface area contributed by atoms with Crippen LogP contribution in [0.3, 0.4) is 0 Å². The monoisotopic (exact) mass is 307 g/mol. The van der Waals surface area contributed by atoms with Crippen LogP contribution in [-0.4, -0.2) is 53.8 Å². The Bertz CT molecular complexity index is 562. The zero-order chi connectivity index (χ0) is 16.3. The summed E-state index contributed by atoms with van der Waals surface area (Å²) >= 11 is 0. The first kappa shape index (κ1) is 16.3. The van der Waals surface area contributed by atoms with E-state index in [1.807, 2.05) is 13.8 Å². The number of phenols is 1. The van der Waals surface area contributed by atoms with Gasteiger partial charge in [0.2, 0.25) is 0 Å². The van der Waals surface area contributed by atoms with Crippen molar-refractivity contribution in [2.45, 2.75) is 33.0 Å². The Kier molecular flexibility index (Phi) is 5.03. The predicted molar refractivity (Wildman–Crippen MR) is 79.7 cm³/mol. The van der Waals surface area contributed by atoms with Crippen LogP contribution in [0.25, 0.3) is 0 Å². The second-order valence-electron chi connectivity index (χ2n) is 5.60. The van der Waals surface area contributed by atoms with Gasteiger partial charge < -0.3 is 19.5 Å². The molecule has 0 aliphatic carbocycles. The second-order valence-corrected chi connectivity index (χ2v) is 5.60. The number of hydrogen-bond donors (Lipinski definition) is 1. The summed E-state index contributed by atoms with van der Waals surface area (Å²) in [6.45, 7) is 6.10. The summed E-state index contributed by atoms with van der Waals surface area (Å²) in [5.74, 6) is -1.08. The van der Waals surface area contributed by atoms with Crippen molar-refractivity contribution in [3.63, 3.8) is 0 Å². The smallest absolute Gasteiger partial charge is 0.342 e. The number of phenolic OH excluding ortho intramolecular Hbond substituents is 1. The molecule has 1 aromatic rings. The van der Waals surface area contributed by atoms with E-state index in [0.717, 1.165) is 0 Å². The van der Waals surface area contributed by atoms with Crippen LogP contribution in [0.5, 0.6) is 5.75 Å². The molecule has 1 aliphatic heterocycles. The van der Waals surface area contributed by atoms with E-state index in [1.165, 1.54) is 6.07 Å². The van der Waals surface area contributed by atoms with Gasteiger partial charge in [-0.1, -0.05) is 12.1 Å². The molecule has 1 aromatic carbocycles. The SMILES string of the molecule is Cc1cccc(C(=O)OCC(=O)N2CC(C)OC(C)C2)c1O. The molecule has 1 saturated heterocycles. The average Bonchev–Trinajstić information content (AvgIpc) is 2.46. The first-order chi connectivity index (χ1) is 10.4. The number of aromatic hydroxyl groups is 1. The highest BCUT2D eigenvalue weighted by molar-refractivity contribution is 5.94. The molecule has 1 aliphatic rings. The lowest BCUT2D eigenvalue weighted by atomic mass is 10.1. The predicted octanol–water partition coefficient (Wildman–Crippen LogP) is 1.49. The number of carbonyl (C=O) groups is 2. The van der Waals surface area contributed by atoms with Crippen LogP contribution in [0.4, 0.5) is 0 Å². The van der Waals surface area contributed by atoms with E-state index < -0.39 is 5.97 Å². The van der Waals surface area contributed by atoms with Gasteiger partial charge in [-0.05, 0) is 32.4 Å². The van der Waals surface area contributed by atoms with Crippen molar-refractivity contribution in [3.05, 3.63) is 29.3 Å². The highest BCUT2D eigenvalue weighted by Gasteiger charge is 2.26. The summed E-state index contributed by atoms with van der Waals surface area (Å²) in [5, 5.41) is 9.84. The fourth-order valence-electron chi connectivity index (χ4n) is 2.50. The number of amides is 1. The molecule has 2 atom stereocenters.